The number of thiophene rings is 1. The molecule has 5 heteroatoms. The van der Waals surface area contributed by atoms with Crippen LogP contribution in [0.5, 0.6) is 0 Å². The monoisotopic (exact) mass is 308 g/mol. The van der Waals surface area contributed by atoms with Gasteiger partial charge in [0.05, 0.1) is 6.04 Å². The van der Waals surface area contributed by atoms with E-state index in [1.54, 1.807) is 11.3 Å². The van der Waals surface area contributed by atoms with Gasteiger partial charge in [-0.25, -0.2) is 0 Å². The van der Waals surface area contributed by atoms with Crippen LogP contribution in [0, 0.1) is 0 Å². The molecule has 2 saturated heterocycles. The van der Waals surface area contributed by atoms with Gasteiger partial charge in [-0.3, -0.25) is 10.1 Å². The Bertz CT molecular complexity index is 457. The van der Waals surface area contributed by atoms with E-state index in [1.165, 1.54) is 4.88 Å². The maximum atomic E-state index is 12.8. The topological polar surface area (TPSA) is 41.6 Å². The van der Waals surface area contributed by atoms with Crippen LogP contribution in [-0.2, 0) is 9.53 Å². The molecule has 3 heterocycles. The number of carbonyl (C=O) groups excluding carboxylic acids is 1. The van der Waals surface area contributed by atoms with Crippen LogP contribution in [0.2, 0.25) is 0 Å². The molecule has 2 fully saturated rings. The van der Waals surface area contributed by atoms with Crippen LogP contribution in [0.15, 0.2) is 17.5 Å². The third-order valence-electron chi connectivity index (χ3n) is 4.43. The van der Waals surface area contributed by atoms with Crippen molar-refractivity contribution in [1.82, 2.24) is 10.2 Å². The summed E-state index contributed by atoms with van der Waals surface area (Å²) in [5.74, 6) is 0.286. The minimum absolute atomic E-state index is 0.0140. The van der Waals surface area contributed by atoms with Crippen LogP contribution >= 0.6 is 11.3 Å². The van der Waals surface area contributed by atoms with Gasteiger partial charge in [0.2, 0.25) is 5.91 Å². The number of carbonyl (C=O) groups is 1. The van der Waals surface area contributed by atoms with E-state index in [-0.39, 0.29) is 18.1 Å². The lowest BCUT2D eigenvalue weighted by atomic mass is 10.1. The van der Waals surface area contributed by atoms with Crippen molar-refractivity contribution in [3.8, 4) is 0 Å². The lowest BCUT2D eigenvalue weighted by Crippen LogP contribution is -2.43. The first-order chi connectivity index (χ1) is 10.3. The molecule has 1 N–H and O–H groups in total. The predicted molar refractivity (Wildman–Crippen MR) is 84.2 cm³/mol. The Labute approximate surface area is 130 Å². The quantitative estimate of drug-likeness (QED) is 0.909. The fraction of sp³-hybridized carbons (Fsp3) is 0.688. The molecule has 1 aromatic rings. The van der Waals surface area contributed by atoms with Gasteiger partial charge in [-0.15, -0.1) is 11.3 Å². The molecular formula is C16H24N2O2S. The van der Waals surface area contributed by atoms with Crippen LogP contribution in [-0.4, -0.2) is 36.1 Å². The number of nitrogens with one attached hydrogen (secondary N) is 1. The molecule has 21 heavy (non-hydrogen) atoms. The SMILES string of the molecule is CCCCC1NC(c2cccs2)N(C2CCOCC2)C1=O. The number of hydrogen-bond donors (Lipinski definition) is 1. The normalized spacial score (nSPS) is 27.5. The van der Waals surface area contributed by atoms with E-state index >= 15 is 0 Å². The maximum absolute atomic E-state index is 12.8. The standard InChI is InChI=1S/C16H24N2O2S/c1-2-3-5-13-16(19)18(12-7-9-20-10-8-12)15(17-13)14-6-4-11-21-14/h4,6,11-13,15,17H,2-3,5,7-10H2,1H3. The highest BCUT2D eigenvalue weighted by Crippen LogP contribution is 2.34. The molecule has 1 amide bonds. The van der Waals surface area contributed by atoms with Gasteiger partial charge in [0.25, 0.3) is 0 Å². The predicted octanol–water partition coefficient (Wildman–Crippen LogP) is 2.92. The van der Waals surface area contributed by atoms with Crippen LogP contribution in [0.25, 0.3) is 0 Å². The van der Waals surface area contributed by atoms with Gasteiger partial charge in [-0.2, -0.15) is 0 Å². The van der Waals surface area contributed by atoms with Crippen LogP contribution in [0.4, 0.5) is 0 Å². The van der Waals surface area contributed by atoms with Gasteiger partial charge >= 0.3 is 0 Å². The molecule has 0 radical (unpaired) electrons. The largest absolute Gasteiger partial charge is 0.381 e. The third kappa shape index (κ3) is 3.15. The lowest BCUT2D eigenvalue weighted by Gasteiger charge is -2.34. The van der Waals surface area contributed by atoms with E-state index in [9.17, 15) is 4.79 Å². The number of ether oxygens (including phenoxy) is 1. The molecule has 2 aliphatic heterocycles. The summed E-state index contributed by atoms with van der Waals surface area (Å²) >= 11 is 1.73. The fourth-order valence-electron chi connectivity index (χ4n) is 3.28. The maximum Gasteiger partial charge on any atom is 0.241 e. The summed E-state index contributed by atoms with van der Waals surface area (Å²) in [7, 11) is 0. The molecule has 1 aromatic heterocycles. The Balaban J connectivity index is 1.79. The molecule has 4 nitrogen and oxygen atoms in total. The molecule has 0 aliphatic carbocycles. The van der Waals surface area contributed by atoms with Gasteiger partial charge in [-0.1, -0.05) is 25.8 Å². The van der Waals surface area contributed by atoms with Crippen molar-refractivity contribution < 1.29 is 9.53 Å². The zero-order chi connectivity index (χ0) is 14.7. The molecule has 2 unspecified atom stereocenters. The average molecular weight is 308 g/mol. The molecule has 0 spiro atoms. The minimum atomic E-state index is -0.0140. The van der Waals surface area contributed by atoms with Crippen molar-refractivity contribution in [2.24, 2.45) is 0 Å². The van der Waals surface area contributed by atoms with Gasteiger partial charge in [-0.05, 0) is 30.7 Å². The highest BCUT2D eigenvalue weighted by atomic mass is 32.1. The van der Waals surface area contributed by atoms with E-state index in [0.29, 0.717) is 6.04 Å². The van der Waals surface area contributed by atoms with E-state index < -0.39 is 0 Å². The molecule has 0 saturated carbocycles. The molecule has 2 aliphatic rings. The Morgan fingerprint density at radius 3 is 2.90 bits per heavy atom. The zero-order valence-corrected chi connectivity index (χ0v) is 13.4. The summed E-state index contributed by atoms with van der Waals surface area (Å²) < 4.78 is 5.46. The fourth-order valence-corrected chi connectivity index (χ4v) is 4.07. The number of amides is 1. The smallest absolute Gasteiger partial charge is 0.241 e. The van der Waals surface area contributed by atoms with Gasteiger partial charge in [0.15, 0.2) is 0 Å². The first-order valence-corrected chi connectivity index (χ1v) is 8.88. The van der Waals surface area contributed by atoms with Crippen LogP contribution in [0.3, 0.4) is 0 Å². The van der Waals surface area contributed by atoms with E-state index in [1.807, 2.05) is 0 Å². The Hall–Kier alpha value is -0.910. The minimum Gasteiger partial charge on any atom is -0.381 e. The van der Waals surface area contributed by atoms with Crippen molar-refractivity contribution in [1.29, 1.82) is 0 Å². The second kappa shape index (κ2) is 6.90. The molecule has 116 valence electrons. The second-order valence-electron chi connectivity index (χ2n) is 5.87. The Morgan fingerprint density at radius 2 is 2.24 bits per heavy atom. The summed E-state index contributed by atoms with van der Waals surface area (Å²) in [6.45, 7) is 3.71. The van der Waals surface area contributed by atoms with Crippen molar-refractivity contribution in [2.45, 2.75) is 57.3 Å². The lowest BCUT2D eigenvalue weighted by molar-refractivity contribution is -0.134. The molecule has 3 rings (SSSR count). The molecule has 0 aromatic carbocycles. The highest BCUT2D eigenvalue weighted by molar-refractivity contribution is 7.10. The Morgan fingerprint density at radius 1 is 1.43 bits per heavy atom. The number of hydrogen-bond acceptors (Lipinski definition) is 4. The van der Waals surface area contributed by atoms with E-state index in [2.05, 4.69) is 34.7 Å². The average Bonchev–Trinajstić information content (AvgIpc) is 3.14. The number of rotatable bonds is 5. The first-order valence-electron chi connectivity index (χ1n) is 8.00. The van der Waals surface area contributed by atoms with Crippen molar-refractivity contribution in [3.63, 3.8) is 0 Å². The van der Waals surface area contributed by atoms with Gasteiger partial charge in [0, 0.05) is 24.1 Å². The second-order valence-corrected chi connectivity index (χ2v) is 6.85. The first kappa shape index (κ1) is 15.0. The zero-order valence-electron chi connectivity index (χ0n) is 12.6. The molecular weight excluding hydrogens is 284 g/mol. The van der Waals surface area contributed by atoms with Gasteiger partial charge in [0.1, 0.15) is 6.17 Å². The van der Waals surface area contributed by atoms with Gasteiger partial charge < -0.3 is 9.64 Å². The highest BCUT2D eigenvalue weighted by Gasteiger charge is 2.43. The molecule has 0 bridgehead atoms. The summed E-state index contributed by atoms with van der Waals surface area (Å²) in [6.07, 6.45) is 5.14. The number of nitrogens with zero attached hydrogens (tertiary/aromatic N) is 1. The molecule has 2 atom stereocenters. The summed E-state index contributed by atoms with van der Waals surface area (Å²) in [4.78, 5) is 16.2. The van der Waals surface area contributed by atoms with E-state index in [4.69, 9.17) is 4.74 Å². The van der Waals surface area contributed by atoms with Crippen molar-refractivity contribution in [3.05, 3.63) is 22.4 Å². The third-order valence-corrected chi connectivity index (χ3v) is 5.36. The van der Waals surface area contributed by atoms with Crippen LogP contribution < -0.4 is 5.32 Å². The van der Waals surface area contributed by atoms with Crippen molar-refractivity contribution in [2.75, 3.05) is 13.2 Å². The number of unbranched alkanes of at least 4 members (excludes halogenated alkanes) is 1. The van der Waals surface area contributed by atoms with E-state index in [0.717, 1.165) is 45.3 Å². The summed E-state index contributed by atoms with van der Waals surface area (Å²) in [6, 6.07) is 4.50. The van der Waals surface area contributed by atoms with Crippen molar-refractivity contribution >= 4 is 17.2 Å². The summed E-state index contributed by atoms with van der Waals surface area (Å²) in [5, 5.41) is 5.66. The Kier molecular flexibility index (Phi) is 4.93. The van der Waals surface area contributed by atoms with Crippen LogP contribution in [0.1, 0.15) is 50.1 Å². The summed E-state index contributed by atoms with van der Waals surface area (Å²) in [5.41, 5.74) is 0.